The van der Waals surface area contributed by atoms with E-state index in [0.717, 1.165) is 21.3 Å². The van der Waals surface area contributed by atoms with Crippen LogP contribution in [0.5, 0.6) is 0 Å². The van der Waals surface area contributed by atoms with Crippen LogP contribution in [0.4, 0.5) is 5.69 Å². The van der Waals surface area contributed by atoms with Crippen LogP contribution >= 0.6 is 15.9 Å². The average Bonchev–Trinajstić information content (AvgIpc) is 2.27. The van der Waals surface area contributed by atoms with Gasteiger partial charge < -0.3 is 5.73 Å². The standard InChI is InChI=1S/C12H11BrN2/c1-8-7-15-12(11(14)10(8)13)9-5-3-2-4-6-9/h2-7H,14H2,1H3. The Morgan fingerprint density at radius 1 is 1.20 bits per heavy atom. The number of benzene rings is 1. The maximum absolute atomic E-state index is 6.01. The summed E-state index contributed by atoms with van der Waals surface area (Å²) < 4.78 is 0.927. The summed E-state index contributed by atoms with van der Waals surface area (Å²) in [5.41, 5.74) is 9.61. The summed E-state index contributed by atoms with van der Waals surface area (Å²) in [5, 5.41) is 0. The zero-order chi connectivity index (χ0) is 10.8. The summed E-state index contributed by atoms with van der Waals surface area (Å²) >= 11 is 3.46. The molecule has 1 aromatic heterocycles. The molecule has 2 nitrogen and oxygen atoms in total. The Hall–Kier alpha value is -1.35. The predicted molar refractivity (Wildman–Crippen MR) is 66.5 cm³/mol. The van der Waals surface area contributed by atoms with Crippen LogP contribution < -0.4 is 5.73 Å². The van der Waals surface area contributed by atoms with Gasteiger partial charge in [-0.05, 0) is 28.4 Å². The van der Waals surface area contributed by atoms with Crippen LogP contribution in [0.1, 0.15) is 5.56 Å². The van der Waals surface area contributed by atoms with E-state index in [1.54, 1.807) is 0 Å². The van der Waals surface area contributed by atoms with Crippen LogP contribution in [0.3, 0.4) is 0 Å². The molecule has 76 valence electrons. The summed E-state index contributed by atoms with van der Waals surface area (Å²) in [6, 6.07) is 9.93. The molecule has 1 aromatic carbocycles. The van der Waals surface area contributed by atoms with E-state index in [4.69, 9.17) is 5.73 Å². The molecule has 0 amide bonds. The molecule has 0 radical (unpaired) electrons. The van der Waals surface area contributed by atoms with Crippen LogP contribution in [-0.2, 0) is 0 Å². The second-order valence-corrected chi connectivity index (χ2v) is 4.18. The van der Waals surface area contributed by atoms with E-state index in [1.807, 2.05) is 43.5 Å². The Morgan fingerprint density at radius 2 is 1.87 bits per heavy atom. The molecule has 0 saturated heterocycles. The van der Waals surface area contributed by atoms with Crippen LogP contribution in [0.15, 0.2) is 41.0 Å². The average molecular weight is 263 g/mol. The number of nitrogens with two attached hydrogens (primary N) is 1. The minimum absolute atomic E-state index is 0.696. The molecule has 3 heteroatoms. The van der Waals surface area contributed by atoms with Crippen molar-refractivity contribution in [3.05, 3.63) is 46.6 Å². The van der Waals surface area contributed by atoms with Gasteiger partial charge in [-0.25, -0.2) is 0 Å². The molecule has 0 unspecified atom stereocenters. The number of nitrogen functional groups attached to an aromatic ring is 1. The van der Waals surface area contributed by atoms with Gasteiger partial charge in [-0.3, -0.25) is 4.98 Å². The summed E-state index contributed by atoms with van der Waals surface area (Å²) in [6.45, 7) is 1.97. The lowest BCUT2D eigenvalue weighted by molar-refractivity contribution is 1.26. The second kappa shape index (κ2) is 4.03. The lowest BCUT2D eigenvalue weighted by Crippen LogP contribution is -1.96. The fraction of sp³-hybridized carbons (Fsp3) is 0.0833. The molecule has 0 aliphatic rings. The first-order valence-electron chi connectivity index (χ1n) is 4.66. The minimum Gasteiger partial charge on any atom is -0.396 e. The molecule has 1 heterocycles. The number of anilines is 1. The van der Waals surface area contributed by atoms with Crippen molar-refractivity contribution < 1.29 is 0 Å². The normalized spacial score (nSPS) is 10.3. The highest BCUT2D eigenvalue weighted by atomic mass is 79.9. The second-order valence-electron chi connectivity index (χ2n) is 3.38. The van der Waals surface area contributed by atoms with Crippen LogP contribution in [0, 0.1) is 6.92 Å². The molecule has 0 aliphatic heterocycles. The van der Waals surface area contributed by atoms with E-state index >= 15 is 0 Å². The third-order valence-corrected chi connectivity index (χ3v) is 3.32. The Morgan fingerprint density at radius 3 is 2.53 bits per heavy atom. The molecule has 0 atom stereocenters. The first-order chi connectivity index (χ1) is 7.20. The van der Waals surface area contributed by atoms with Crippen LogP contribution in [0.2, 0.25) is 0 Å². The largest absolute Gasteiger partial charge is 0.396 e. The van der Waals surface area contributed by atoms with Gasteiger partial charge in [0.15, 0.2) is 0 Å². The molecule has 0 aliphatic carbocycles. The maximum atomic E-state index is 6.01. The van der Waals surface area contributed by atoms with Gasteiger partial charge in [-0.2, -0.15) is 0 Å². The molecule has 0 saturated carbocycles. The quantitative estimate of drug-likeness (QED) is 0.856. The summed E-state index contributed by atoms with van der Waals surface area (Å²) in [7, 11) is 0. The Balaban J connectivity index is 2.60. The molecule has 15 heavy (non-hydrogen) atoms. The molecule has 0 fully saturated rings. The van der Waals surface area contributed by atoms with E-state index in [9.17, 15) is 0 Å². The van der Waals surface area contributed by atoms with Crippen molar-refractivity contribution >= 4 is 21.6 Å². The van der Waals surface area contributed by atoms with Crippen molar-refractivity contribution in [1.29, 1.82) is 0 Å². The fourth-order valence-electron chi connectivity index (χ4n) is 1.43. The minimum atomic E-state index is 0.696. The number of aryl methyl sites for hydroxylation is 1. The molecule has 0 bridgehead atoms. The number of nitrogens with zero attached hydrogens (tertiary/aromatic N) is 1. The number of hydrogen-bond acceptors (Lipinski definition) is 2. The van der Waals surface area contributed by atoms with Crippen molar-refractivity contribution in [1.82, 2.24) is 4.98 Å². The first kappa shape index (κ1) is 10.2. The monoisotopic (exact) mass is 262 g/mol. The van der Waals surface area contributed by atoms with E-state index in [0.29, 0.717) is 5.69 Å². The topological polar surface area (TPSA) is 38.9 Å². The molecule has 2 aromatic rings. The van der Waals surface area contributed by atoms with Crippen molar-refractivity contribution in [2.75, 3.05) is 5.73 Å². The molecular weight excluding hydrogens is 252 g/mol. The lowest BCUT2D eigenvalue weighted by Gasteiger charge is -2.08. The van der Waals surface area contributed by atoms with Crippen LogP contribution in [0.25, 0.3) is 11.3 Å². The fourth-order valence-corrected chi connectivity index (χ4v) is 1.72. The van der Waals surface area contributed by atoms with Gasteiger partial charge in [0.2, 0.25) is 0 Å². The third-order valence-electron chi connectivity index (χ3n) is 2.27. The molecular formula is C12H11BrN2. The van der Waals surface area contributed by atoms with Gasteiger partial charge in [0.05, 0.1) is 11.4 Å². The Bertz CT molecular complexity index is 480. The molecule has 2 rings (SSSR count). The van der Waals surface area contributed by atoms with E-state index in [-0.39, 0.29) is 0 Å². The van der Waals surface area contributed by atoms with Gasteiger partial charge in [0, 0.05) is 16.2 Å². The summed E-state index contributed by atoms with van der Waals surface area (Å²) in [5.74, 6) is 0. The SMILES string of the molecule is Cc1cnc(-c2ccccc2)c(N)c1Br. The first-order valence-corrected chi connectivity index (χ1v) is 5.45. The highest BCUT2D eigenvalue weighted by molar-refractivity contribution is 9.10. The van der Waals surface area contributed by atoms with Crippen LogP contribution in [-0.4, -0.2) is 4.98 Å². The van der Waals surface area contributed by atoms with E-state index < -0.39 is 0 Å². The number of halogens is 1. The maximum Gasteiger partial charge on any atom is 0.0942 e. The Labute approximate surface area is 97.3 Å². The van der Waals surface area contributed by atoms with Gasteiger partial charge in [-0.1, -0.05) is 30.3 Å². The van der Waals surface area contributed by atoms with Crippen molar-refractivity contribution in [3.8, 4) is 11.3 Å². The highest BCUT2D eigenvalue weighted by Crippen LogP contribution is 2.31. The van der Waals surface area contributed by atoms with Gasteiger partial charge >= 0.3 is 0 Å². The molecule has 2 N–H and O–H groups in total. The van der Waals surface area contributed by atoms with Gasteiger partial charge in [0.25, 0.3) is 0 Å². The Kier molecular flexibility index (Phi) is 2.73. The van der Waals surface area contributed by atoms with Crippen molar-refractivity contribution in [3.63, 3.8) is 0 Å². The van der Waals surface area contributed by atoms with E-state index in [2.05, 4.69) is 20.9 Å². The molecule has 0 spiro atoms. The van der Waals surface area contributed by atoms with Crippen molar-refractivity contribution in [2.24, 2.45) is 0 Å². The lowest BCUT2D eigenvalue weighted by atomic mass is 10.1. The van der Waals surface area contributed by atoms with E-state index in [1.165, 1.54) is 0 Å². The predicted octanol–water partition coefficient (Wildman–Crippen LogP) is 3.40. The summed E-state index contributed by atoms with van der Waals surface area (Å²) in [6.07, 6.45) is 1.82. The zero-order valence-corrected chi connectivity index (χ0v) is 9.95. The van der Waals surface area contributed by atoms with Gasteiger partial charge in [-0.15, -0.1) is 0 Å². The zero-order valence-electron chi connectivity index (χ0n) is 8.37. The number of rotatable bonds is 1. The number of aromatic nitrogens is 1. The third kappa shape index (κ3) is 1.88. The van der Waals surface area contributed by atoms with Crippen molar-refractivity contribution in [2.45, 2.75) is 6.92 Å². The van der Waals surface area contributed by atoms with Gasteiger partial charge in [0.1, 0.15) is 0 Å². The number of hydrogen-bond donors (Lipinski definition) is 1. The highest BCUT2D eigenvalue weighted by Gasteiger charge is 2.08. The smallest absolute Gasteiger partial charge is 0.0942 e. The number of pyridine rings is 1. The summed E-state index contributed by atoms with van der Waals surface area (Å²) in [4.78, 5) is 4.35.